The smallest absolute Gasteiger partial charge is 0.291 e. The molecule has 1 fully saturated rings. The summed E-state index contributed by atoms with van der Waals surface area (Å²) in [7, 11) is 0. The van der Waals surface area contributed by atoms with Gasteiger partial charge in [-0.3, -0.25) is 9.36 Å². The maximum atomic E-state index is 13.7. The number of anilines is 1. The van der Waals surface area contributed by atoms with E-state index in [0.717, 1.165) is 44.6 Å². The summed E-state index contributed by atoms with van der Waals surface area (Å²) in [5.41, 5.74) is -0.221. The van der Waals surface area contributed by atoms with Crippen LogP contribution in [-0.2, 0) is 6.54 Å². The van der Waals surface area contributed by atoms with Crippen molar-refractivity contribution in [1.29, 1.82) is 5.26 Å². The summed E-state index contributed by atoms with van der Waals surface area (Å²) in [6.07, 6.45) is 4.00. The number of halogens is 2. The molecule has 124 valence electrons. The van der Waals surface area contributed by atoms with Crippen LogP contribution in [0, 0.1) is 23.0 Å². The Morgan fingerprint density at radius 2 is 1.96 bits per heavy atom. The Hall–Kier alpha value is -2.75. The van der Waals surface area contributed by atoms with Gasteiger partial charge >= 0.3 is 0 Å². The van der Waals surface area contributed by atoms with Crippen LogP contribution in [0.3, 0.4) is 0 Å². The maximum Gasteiger partial charge on any atom is 0.291 e. The molecule has 3 rings (SSSR count). The van der Waals surface area contributed by atoms with Gasteiger partial charge in [0.15, 0.2) is 0 Å². The minimum absolute atomic E-state index is 0.0292. The molecule has 0 amide bonds. The van der Waals surface area contributed by atoms with E-state index < -0.39 is 17.2 Å². The second kappa shape index (κ2) is 6.79. The molecule has 1 aliphatic rings. The van der Waals surface area contributed by atoms with Crippen molar-refractivity contribution in [2.45, 2.75) is 25.8 Å². The van der Waals surface area contributed by atoms with Gasteiger partial charge in [0.2, 0.25) is 11.8 Å². The zero-order valence-corrected chi connectivity index (χ0v) is 13.0. The lowest BCUT2D eigenvalue weighted by atomic mass is 10.1. The molecule has 0 aliphatic carbocycles. The lowest BCUT2D eigenvalue weighted by Gasteiger charge is -2.29. The van der Waals surface area contributed by atoms with Gasteiger partial charge in [-0.25, -0.2) is 9.37 Å². The first-order valence-corrected chi connectivity index (χ1v) is 7.79. The summed E-state index contributed by atoms with van der Waals surface area (Å²) in [6.45, 7) is 1.46. The molecule has 0 N–H and O–H groups in total. The van der Waals surface area contributed by atoms with Crippen molar-refractivity contribution in [3.05, 3.63) is 57.5 Å². The van der Waals surface area contributed by atoms with Gasteiger partial charge in [0.05, 0.1) is 24.4 Å². The lowest BCUT2D eigenvalue weighted by molar-refractivity contribution is 0.529. The number of nitrogens with zero attached hydrogens (tertiary/aromatic N) is 4. The SMILES string of the molecule is N#Cc1cc(F)ccc1Cn1c(N2CCCCC2)ncc(F)c1=O. The minimum Gasteiger partial charge on any atom is -0.342 e. The number of nitriles is 1. The highest BCUT2D eigenvalue weighted by Crippen LogP contribution is 2.19. The van der Waals surface area contributed by atoms with Gasteiger partial charge in [-0.2, -0.15) is 9.65 Å². The van der Waals surface area contributed by atoms with E-state index in [4.69, 9.17) is 5.26 Å². The zero-order chi connectivity index (χ0) is 17.1. The van der Waals surface area contributed by atoms with Gasteiger partial charge in [-0.05, 0) is 37.0 Å². The largest absolute Gasteiger partial charge is 0.342 e. The Balaban J connectivity index is 2.05. The highest BCUT2D eigenvalue weighted by atomic mass is 19.1. The number of benzene rings is 1. The Morgan fingerprint density at radius 1 is 1.21 bits per heavy atom. The number of rotatable bonds is 3. The minimum atomic E-state index is -0.948. The molecule has 1 aromatic carbocycles. The van der Waals surface area contributed by atoms with Crippen LogP contribution in [-0.4, -0.2) is 22.6 Å². The van der Waals surface area contributed by atoms with Crippen LogP contribution in [0.2, 0.25) is 0 Å². The van der Waals surface area contributed by atoms with Crippen LogP contribution in [0.1, 0.15) is 30.4 Å². The molecule has 24 heavy (non-hydrogen) atoms. The van der Waals surface area contributed by atoms with Gasteiger partial charge in [-0.1, -0.05) is 6.07 Å². The molecular formula is C17H16F2N4O. The monoisotopic (exact) mass is 330 g/mol. The summed E-state index contributed by atoms with van der Waals surface area (Å²) in [4.78, 5) is 18.3. The van der Waals surface area contributed by atoms with Crippen molar-refractivity contribution in [2.24, 2.45) is 0 Å². The Morgan fingerprint density at radius 3 is 2.67 bits per heavy atom. The molecule has 1 saturated heterocycles. The third kappa shape index (κ3) is 3.13. The van der Waals surface area contributed by atoms with Gasteiger partial charge in [0.1, 0.15) is 5.82 Å². The molecule has 2 heterocycles. The quantitative estimate of drug-likeness (QED) is 0.867. The molecule has 5 nitrogen and oxygen atoms in total. The second-order valence-electron chi connectivity index (χ2n) is 5.76. The molecule has 1 aliphatic heterocycles. The fraction of sp³-hybridized carbons (Fsp3) is 0.353. The van der Waals surface area contributed by atoms with Gasteiger partial charge < -0.3 is 4.90 Å². The van der Waals surface area contributed by atoms with E-state index in [1.807, 2.05) is 11.0 Å². The van der Waals surface area contributed by atoms with E-state index >= 15 is 0 Å². The highest BCUT2D eigenvalue weighted by molar-refractivity contribution is 5.40. The average Bonchev–Trinajstić information content (AvgIpc) is 2.61. The Labute approximate surface area is 137 Å². The molecule has 0 unspecified atom stereocenters. The van der Waals surface area contributed by atoms with Crippen LogP contribution in [0.5, 0.6) is 0 Å². The van der Waals surface area contributed by atoms with Crippen molar-refractivity contribution in [2.75, 3.05) is 18.0 Å². The summed E-state index contributed by atoms with van der Waals surface area (Å²) in [5.74, 6) is -1.10. The van der Waals surface area contributed by atoms with Crippen LogP contribution in [0.15, 0.2) is 29.2 Å². The number of hydrogen-bond donors (Lipinski definition) is 0. The van der Waals surface area contributed by atoms with E-state index in [0.29, 0.717) is 11.5 Å². The fourth-order valence-electron chi connectivity index (χ4n) is 2.91. The van der Waals surface area contributed by atoms with Crippen molar-refractivity contribution < 1.29 is 8.78 Å². The summed E-state index contributed by atoms with van der Waals surface area (Å²) < 4.78 is 28.2. The Bertz CT molecular complexity index is 851. The van der Waals surface area contributed by atoms with E-state index in [-0.39, 0.29) is 12.1 Å². The molecule has 0 saturated carbocycles. The average molecular weight is 330 g/mol. The predicted octanol–water partition coefficient (Wildman–Crippen LogP) is 2.43. The third-order valence-corrected chi connectivity index (χ3v) is 4.14. The Kier molecular flexibility index (Phi) is 4.56. The summed E-state index contributed by atoms with van der Waals surface area (Å²) >= 11 is 0. The number of aromatic nitrogens is 2. The first-order chi connectivity index (χ1) is 11.6. The van der Waals surface area contributed by atoms with Gasteiger partial charge in [-0.15, -0.1) is 0 Å². The number of hydrogen-bond acceptors (Lipinski definition) is 4. The van der Waals surface area contributed by atoms with Gasteiger partial charge in [0, 0.05) is 13.1 Å². The van der Waals surface area contributed by atoms with Crippen LogP contribution < -0.4 is 10.5 Å². The molecular weight excluding hydrogens is 314 g/mol. The number of piperidine rings is 1. The third-order valence-electron chi connectivity index (χ3n) is 4.14. The lowest BCUT2D eigenvalue weighted by Crippen LogP contribution is -2.37. The van der Waals surface area contributed by atoms with Crippen molar-refractivity contribution in [3.63, 3.8) is 0 Å². The first-order valence-electron chi connectivity index (χ1n) is 7.79. The topological polar surface area (TPSA) is 61.9 Å². The maximum absolute atomic E-state index is 13.7. The van der Waals surface area contributed by atoms with E-state index in [1.54, 1.807) is 0 Å². The van der Waals surface area contributed by atoms with Gasteiger partial charge in [0.25, 0.3) is 5.56 Å². The first kappa shape index (κ1) is 16.1. The molecule has 1 aromatic heterocycles. The second-order valence-corrected chi connectivity index (χ2v) is 5.76. The van der Waals surface area contributed by atoms with E-state index in [2.05, 4.69) is 4.98 Å². The van der Waals surface area contributed by atoms with E-state index in [1.165, 1.54) is 16.7 Å². The zero-order valence-electron chi connectivity index (χ0n) is 13.0. The van der Waals surface area contributed by atoms with Crippen LogP contribution in [0.4, 0.5) is 14.7 Å². The van der Waals surface area contributed by atoms with Crippen molar-refractivity contribution >= 4 is 5.95 Å². The highest BCUT2D eigenvalue weighted by Gasteiger charge is 2.19. The van der Waals surface area contributed by atoms with E-state index in [9.17, 15) is 13.6 Å². The fourth-order valence-corrected chi connectivity index (χ4v) is 2.91. The molecule has 7 heteroatoms. The van der Waals surface area contributed by atoms with Crippen molar-refractivity contribution in [3.8, 4) is 6.07 Å². The predicted molar refractivity (Wildman–Crippen MR) is 84.7 cm³/mol. The van der Waals surface area contributed by atoms with Crippen LogP contribution in [0.25, 0.3) is 0 Å². The van der Waals surface area contributed by atoms with Crippen molar-refractivity contribution in [1.82, 2.24) is 9.55 Å². The normalized spacial score (nSPS) is 14.5. The molecule has 0 atom stereocenters. The standard InChI is InChI=1S/C17H16F2N4O/c18-14-5-4-12(13(8-14)9-20)11-23-16(24)15(19)10-21-17(23)22-6-2-1-3-7-22/h4-5,8,10H,1-3,6-7,11H2. The summed E-state index contributed by atoms with van der Waals surface area (Å²) in [6, 6.07) is 5.66. The van der Waals surface area contributed by atoms with Crippen LogP contribution >= 0.6 is 0 Å². The molecule has 2 aromatic rings. The molecule has 0 bridgehead atoms. The molecule has 0 spiro atoms. The summed E-state index contributed by atoms with van der Waals surface area (Å²) in [5, 5.41) is 9.16. The molecule has 0 radical (unpaired) electrons.